The van der Waals surface area contributed by atoms with E-state index in [2.05, 4.69) is 79.8 Å². The van der Waals surface area contributed by atoms with E-state index < -0.39 is 0 Å². The molecule has 0 atom stereocenters. The molecule has 1 aliphatic carbocycles. The van der Waals surface area contributed by atoms with Crippen molar-refractivity contribution >= 4 is 11.6 Å². The number of hydrogen-bond acceptors (Lipinski definition) is 0. The van der Waals surface area contributed by atoms with Crippen LogP contribution in [-0.2, 0) is 0 Å². The molecule has 0 aliphatic heterocycles. The normalized spacial score (nSPS) is 15.2. The molecule has 0 aromatic carbocycles. The predicted molar refractivity (Wildman–Crippen MR) is 120 cm³/mol. The maximum absolute atomic E-state index is 6.17. The van der Waals surface area contributed by atoms with Gasteiger partial charge in [0.2, 0.25) is 0 Å². The van der Waals surface area contributed by atoms with Crippen molar-refractivity contribution in [3.8, 4) is 0 Å². The van der Waals surface area contributed by atoms with E-state index >= 15 is 0 Å². The Morgan fingerprint density at radius 2 is 1.04 bits per heavy atom. The van der Waals surface area contributed by atoms with E-state index in [1.807, 2.05) is 0 Å². The first-order valence-corrected chi connectivity index (χ1v) is 10.5. The highest BCUT2D eigenvalue weighted by Crippen LogP contribution is 2.35. The molecule has 0 saturated heterocycles. The molecule has 0 spiro atoms. The van der Waals surface area contributed by atoms with Gasteiger partial charge in [-0.25, -0.2) is 0 Å². The van der Waals surface area contributed by atoms with E-state index in [0.717, 1.165) is 56.4 Å². The van der Waals surface area contributed by atoms with Crippen LogP contribution >= 0.6 is 11.6 Å². The van der Waals surface area contributed by atoms with Crippen molar-refractivity contribution < 1.29 is 0 Å². The monoisotopic (exact) mass is 370 g/mol. The minimum Gasteiger partial charge on any atom is -0.0892 e. The lowest BCUT2D eigenvalue weighted by Crippen LogP contribution is -1.71. The molecule has 1 fully saturated rings. The van der Waals surface area contributed by atoms with Crippen LogP contribution in [0.15, 0.2) is 83.5 Å². The van der Waals surface area contributed by atoms with E-state index in [-0.39, 0.29) is 0 Å². The minimum atomic E-state index is 1.01. The van der Waals surface area contributed by atoms with Crippen molar-refractivity contribution in [1.82, 2.24) is 0 Å². The van der Waals surface area contributed by atoms with Crippen molar-refractivity contribution in [2.75, 3.05) is 0 Å². The molecule has 0 nitrogen and oxygen atoms in total. The Balaban J connectivity index is 1.93. The third-order valence-electron chi connectivity index (χ3n) is 4.01. The van der Waals surface area contributed by atoms with E-state index in [9.17, 15) is 0 Å². The highest BCUT2D eigenvalue weighted by molar-refractivity contribution is 6.30. The van der Waals surface area contributed by atoms with Crippen molar-refractivity contribution in [3.05, 3.63) is 83.5 Å². The van der Waals surface area contributed by atoms with Crippen LogP contribution in [0, 0.1) is 0 Å². The smallest absolute Gasteiger partial charge is 0.0176 e. The van der Waals surface area contributed by atoms with Gasteiger partial charge in [-0.05, 0) is 64.2 Å². The Labute approximate surface area is 166 Å². The van der Waals surface area contributed by atoms with Crippen LogP contribution in [0.2, 0.25) is 0 Å². The highest BCUT2D eigenvalue weighted by atomic mass is 35.5. The van der Waals surface area contributed by atoms with Crippen LogP contribution in [0.4, 0.5) is 0 Å². The first-order chi connectivity index (χ1) is 12.8. The van der Waals surface area contributed by atoms with Crippen molar-refractivity contribution in [2.45, 2.75) is 71.1 Å². The second-order valence-corrected chi connectivity index (χ2v) is 6.92. The van der Waals surface area contributed by atoms with E-state index in [1.165, 1.54) is 18.4 Å². The van der Waals surface area contributed by atoms with Crippen LogP contribution in [0.1, 0.15) is 71.1 Å². The molecule has 1 saturated carbocycles. The fourth-order valence-electron chi connectivity index (χ4n) is 2.36. The lowest BCUT2D eigenvalue weighted by Gasteiger charge is -1.92. The lowest BCUT2D eigenvalue weighted by atomic mass is 10.2. The number of halogens is 1. The molecule has 1 aliphatic rings. The summed E-state index contributed by atoms with van der Waals surface area (Å²) in [5.74, 6) is 0. The van der Waals surface area contributed by atoms with E-state index in [0.29, 0.717) is 0 Å². The molecule has 142 valence electrons. The summed E-state index contributed by atoms with van der Waals surface area (Å²) in [6.45, 7) is 2.16. The first kappa shape index (κ1) is 22.5. The van der Waals surface area contributed by atoms with Gasteiger partial charge in [0.1, 0.15) is 0 Å². The molecule has 26 heavy (non-hydrogen) atoms. The fraction of sp³-hybridized carbons (Fsp3) is 0.440. The average molecular weight is 371 g/mol. The van der Waals surface area contributed by atoms with E-state index in [4.69, 9.17) is 11.6 Å². The van der Waals surface area contributed by atoms with Gasteiger partial charge < -0.3 is 0 Å². The Bertz CT molecular complexity index is 547. The fourth-order valence-corrected chi connectivity index (χ4v) is 2.66. The Hall–Kier alpha value is -1.53. The lowest BCUT2D eigenvalue weighted by molar-refractivity contribution is 1.02. The van der Waals surface area contributed by atoms with Gasteiger partial charge in [0.15, 0.2) is 0 Å². The molecule has 1 heteroatoms. The molecular formula is C25H35Cl. The zero-order chi connectivity index (χ0) is 18.7. The SMILES string of the molecule is CC/C=C\C/C=C\C/C=C\C/C=C\C/C=C\C/C=C\CCC(Cl)=C1CC1. The summed E-state index contributed by atoms with van der Waals surface area (Å²) in [5.41, 5.74) is 1.47. The number of allylic oxidation sites excluding steroid dienone is 14. The molecule has 0 bridgehead atoms. The third kappa shape index (κ3) is 14.8. The summed E-state index contributed by atoms with van der Waals surface area (Å²) < 4.78 is 0. The largest absolute Gasteiger partial charge is 0.0892 e. The highest BCUT2D eigenvalue weighted by Gasteiger charge is 2.15. The summed E-state index contributed by atoms with van der Waals surface area (Å²) in [6, 6.07) is 0. The number of hydrogen-bond donors (Lipinski definition) is 0. The Morgan fingerprint density at radius 3 is 1.42 bits per heavy atom. The molecule has 0 amide bonds. The van der Waals surface area contributed by atoms with Crippen molar-refractivity contribution in [3.63, 3.8) is 0 Å². The van der Waals surface area contributed by atoms with Crippen molar-refractivity contribution in [1.29, 1.82) is 0 Å². The summed E-state index contributed by atoms with van der Waals surface area (Å²) in [6.07, 6.45) is 37.5. The average Bonchev–Trinajstić information content (AvgIpc) is 3.48. The van der Waals surface area contributed by atoms with Crippen LogP contribution in [-0.4, -0.2) is 0 Å². The van der Waals surface area contributed by atoms with Crippen LogP contribution in [0.5, 0.6) is 0 Å². The van der Waals surface area contributed by atoms with Gasteiger partial charge in [0.25, 0.3) is 0 Å². The van der Waals surface area contributed by atoms with Gasteiger partial charge >= 0.3 is 0 Å². The van der Waals surface area contributed by atoms with Crippen LogP contribution in [0.3, 0.4) is 0 Å². The molecule has 0 N–H and O–H groups in total. The second kappa shape index (κ2) is 16.9. The van der Waals surface area contributed by atoms with Gasteiger partial charge in [-0.15, -0.1) is 0 Å². The second-order valence-electron chi connectivity index (χ2n) is 6.46. The van der Waals surface area contributed by atoms with Crippen LogP contribution < -0.4 is 0 Å². The molecular weight excluding hydrogens is 336 g/mol. The predicted octanol–water partition coefficient (Wildman–Crippen LogP) is 8.75. The van der Waals surface area contributed by atoms with Gasteiger partial charge in [0.05, 0.1) is 0 Å². The minimum absolute atomic E-state index is 1.01. The molecule has 0 radical (unpaired) electrons. The van der Waals surface area contributed by atoms with Gasteiger partial charge in [-0.2, -0.15) is 0 Å². The van der Waals surface area contributed by atoms with Crippen LogP contribution in [0.25, 0.3) is 0 Å². The summed E-state index contributed by atoms with van der Waals surface area (Å²) in [7, 11) is 0. The van der Waals surface area contributed by atoms with Gasteiger partial charge in [-0.1, -0.05) is 97.0 Å². The van der Waals surface area contributed by atoms with Crippen molar-refractivity contribution in [2.24, 2.45) is 0 Å². The molecule has 0 unspecified atom stereocenters. The van der Waals surface area contributed by atoms with Gasteiger partial charge in [0, 0.05) is 5.03 Å². The Kier molecular flexibility index (Phi) is 14.6. The summed E-state index contributed by atoms with van der Waals surface area (Å²) in [5, 5.41) is 1.10. The molecule has 0 aromatic rings. The summed E-state index contributed by atoms with van der Waals surface area (Å²) >= 11 is 6.17. The quantitative estimate of drug-likeness (QED) is 0.268. The third-order valence-corrected chi connectivity index (χ3v) is 4.47. The first-order valence-electron chi connectivity index (χ1n) is 10.1. The van der Waals surface area contributed by atoms with E-state index in [1.54, 1.807) is 0 Å². The number of rotatable bonds is 14. The molecule has 0 heterocycles. The zero-order valence-corrected chi connectivity index (χ0v) is 17.1. The topological polar surface area (TPSA) is 0 Å². The standard InChI is InChI=1S/C25H35Cl/c1-2-3-4-5-6-7-8-9-10-11-12-13-14-15-16-17-18-19-20-21-25(26)24-22-23-24/h3-4,6-7,9-10,12-13,15-16,18-19H,2,5,8,11,14,17,20-23H2,1H3/b4-3-,7-6-,10-9-,13-12-,16-15-,19-18-. The maximum atomic E-state index is 6.17. The zero-order valence-electron chi connectivity index (χ0n) is 16.4. The maximum Gasteiger partial charge on any atom is 0.0176 e. The van der Waals surface area contributed by atoms with Gasteiger partial charge in [-0.3, -0.25) is 0 Å². The summed E-state index contributed by atoms with van der Waals surface area (Å²) in [4.78, 5) is 0. The Morgan fingerprint density at radius 1 is 0.654 bits per heavy atom. The molecule has 0 aromatic heterocycles. The molecule has 1 rings (SSSR count).